The molecule has 2 amide bonds. The molecule has 1 atom stereocenters. The molecule has 3 N–H and O–H groups in total. The van der Waals surface area contributed by atoms with Crippen molar-refractivity contribution in [3.63, 3.8) is 0 Å². The van der Waals surface area contributed by atoms with Crippen LogP contribution >= 0.6 is 23.1 Å². The Morgan fingerprint density at radius 3 is 2.52 bits per heavy atom. The van der Waals surface area contributed by atoms with Gasteiger partial charge in [0.05, 0.1) is 23.0 Å². The van der Waals surface area contributed by atoms with E-state index in [4.69, 9.17) is 0 Å². The number of carbonyl (C=O) groups is 2. The number of thioether (sulfide) groups is 1. The Kier molecular flexibility index (Phi) is 7.20. The number of hydrogen-bond donors (Lipinski definition) is 3. The first kappa shape index (κ1) is 20.8. The summed E-state index contributed by atoms with van der Waals surface area (Å²) in [5.74, 6) is -0.283. The van der Waals surface area contributed by atoms with E-state index in [2.05, 4.69) is 26.1 Å². The fourth-order valence-electron chi connectivity index (χ4n) is 2.57. The molecule has 0 saturated heterocycles. The molecule has 0 bridgehead atoms. The van der Waals surface area contributed by atoms with Crippen LogP contribution in [0.5, 0.6) is 0 Å². The predicted octanol–water partition coefficient (Wildman–Crippen LogP) is 3.80. The molecule has 0 spiro atoms. The van der Waals surface area contributed by atoms with Gasteiger partial charge in [-0.2, -0.15) is 0 Å². The second kappa shape index (κ2) is 10.0. The van der Waals surface area contributed by atoms with E-state index in [-0.39, 0.29) is 23.6 Å². The predicted molar refractivity (Wildman–Crippen MR) is 118 cm³/mol. The number of hydrogen-bond acceptors (Lipinski definition) is 7. The van der Waals surface area contributed by atoms with E-state index in [0.717, 1.165) is 5.56 Å². The van der Waals surface area contributed by atoms with E-state index < -0.39 is 0 Å². The lowest BCUT2D eigenvalue weighted by Crippen LogP contribution is -2.28. The SMILES string of the molecule is CNc1nnc(SCC(=O)Nc2ccccc2C(=O)NC(C)c2ccccc2)s1. The molecule has 1 aromatic heterocycles. The van der Waals surface area contributed by atoms with Crippen LogP contribution in [0.3, 0.4) is 0 Å². The van der Waals surface area contributed by atoms with Crippen LogP contribution in [0.1, 0.15) is 28.9 Å². The third-order valence-corrected chi connectivity index (χ3v) is 6.11. The van der Waals surface area contributed by atoms with Gasteiger partial charge < -0.3 is 16.0 Å². The van der Waals surface area contributed by atoms with E-state index in [0.29, 0.717) is 20.7 Å². The van der Waals surface area contributed by atoms with Crippen molar-refractivity contribution in [3.05, 3.63) is 65.7 Å². The van der Waals surface area contributed by atoms with E-state index >= 15 is 0 Å². The lowest BCUT2D eigenvalue weighted by atomic mass is 10.1. The average molecular weight is 428 g/mol. The number of nitrogens with one attached hydrogen (secondary N) is 3. The standard InChI is InChI=1S/C20H21N5O2S2/c1-13(14-8-4-3-5-9-14)22-18(27)15-10-6-7-11-16(15)23-17(26)12-28-20-25-24-19(21-2)29-20/h3-11,13H,12H2,1-2H3,(H,21,24)(H,22,27)(H,23,26). The van der Waals surface area contributed by atoms with Crippen LogP contribution in [-0.4, -0.2) is 34.8 Å². The molecule has 9 heteroatoms. The van der Waals surface area contributed by atoms with Crippen LogP contribution in [0.15, 0.2) is 58.9 Å². The number of anilines is 2. The third-order valence-electron chi connectivity index (χ3n) is 4.04. The highest BCUT2D eigenvalue weighted by atomic mass is 32.2. The van der Waals surface area contributed by atoms with Crippen molar-refractivity contribution in [2.45, 2.75) is 17.3 Å². The normalized spacial score (nSPS) is 11.5. The average Bonchev–Trinajstić information content (AvgIpc) is 3.21. The molecule has 1 unspecified atom stereocenters. The van der Waals surface area contributed by atoms with E-state index in [1.165, 1.54) is 23.1 Å². The number of amides is 2. The van der Waals surface area contributed by atoms with Crippen molar-refractivity contribution in [1.82, 2.24) is 15.5 Å². The van der Waals surface area contributed by atoms with Gasteiger partial charge in [-0.3, -0.25) is 9.59 Å². The summed E-state index contributed by atoms with van der Waals surface area (Å²) in [5.41, 5.74) is 1.91. The van der Waals surface area contributed by atoms with Crippen LogP contribution in [0.4, 0.5) is 10.8 Å². The van der Waals surface area contributed by atoms with Crippen LogP contribution < -0.4 is 16.0 Å². The summed E-state index contributed by atoms with van der Waals surface area (Å²) in [6.07, 6.45) is 0. The van der Waals surface area contributed by atoms with Gasteiger partial charge in [0, 0.05) is 7.05 Å². The van der Waals surface area contributed by atoms with E-state index in [9.17, 15) is 9.59 Å². The molecule has 0 aliphatic rings. The van der Waals surface area contributed by atoms with Crippen molar-refractivity contribution in [2.24, 2.45) is 0 Å². The number of carbonyl (C=O) groups excluding carboxylic acids is 2. The van der Waals surface area contributed by atoms with Gasteiger partial charge in [-0.25, -0.2) is 0 Å². The molecule has 0 fully saturated rings. The summed E-state index contributed by atoms with van der Waals surface area (Å²) in [7, 11) is 1.77. The highest BCUT2D eigenvalue weighted by Gasteiger charge is 2.16. The second-order valence-corrected chi connectivity index (χ2v) is 8.31. The maximum Gasteiger partial charge on any atom is 0.253 e. The van der Waals surface area contributed by atoms with Crippen molar-refractivity contribution >= 4 is 45.7 Å². The molecule has 2 aromatic carbocycles. The molecular weight excluding hydrogens is 406 g/mol. The summed E-state index contributed by atoms with van der Waals surface area (Å²) >= 11 is 2.68. The monoisotopic (exact) mass is 427 g/mol. The minimum atomic E-state index is -0.243. The zero-order valence-electron chi connectivity index (χ0n) is 16.0. The maximum absolute atomic E-state index is 12.8. The van der Waals surface area contributed by atoms with E-state index in [1.807, 2.05) is 37.3 Å². The summed E-state index contributed by atoms with van der Waals surface area (Å²) in [5, 5.41) is 17.3. The molecule has 1 heterocycles. The van der Waals surface area contributed by atoms with Gasteiger partial charge in [0.2, 0.25) is 11.0 Å². The van der Waals surface area contributed by atoms with Gasteiger partial charge >= 0.3 is 0 Å². The van der Waals surface area contributed by atoms with Crippen LogP contribution in [0, 0.1) is 0 Å². The number of rotatable bonds is 8. The topological polar surface area (TPSA) is 96.0 Å². The molecule has 150 valence electrons. The Labute approximate surface area is 177 Å². The first-order chi connectivity index (χ1) is 14.1. The van der Waals surface area contributed by atoms with Crippen molar-refractivity contribution in [3.8, 4) is 0 Å². The number of para-hydroxylation sites is 1. The van der Waals surface area contributed by atoms with Gasteiger partial charge in [-0.05, 0) is 24.6 Å². The quantitative estimate of drug-likeness (QED) is 0.473. The molecule has 29 heavy (non-hydrogen) atoms. The second-order valence-electron chi connectivity index (χ2n) is 6.11. The van der Waals surface area contributed by atoms with Crippen molar-refractivity contribution in [2.75, 3.05) is 23.4 Å². The molecule has 0 aliphatic carbocycles. The zero-order valence-corrected chi connectivity index (χ0v) is 17.6. The Morgan fingerprint density at radius 2 is 1.79 bits per heavy atom. The lowest BCUT2D eigenvalue weighted by molar-refractivity contribution is -0.113. The highest BCUT2D eigenvalue weighted by molar-refractivity contribution is 8.01. The van der Waals surface area contributed by atoms with Crippen molar-refractivity contribution < 1.29 is 9.59 Å². The number of aromatic nitrogens is 2. The van der Waals surface area contributed by atoms with E-state index in [1.54, 1.807) is 31.3 Å². The molecule has 7 nitrogen and oxygen atoms in total. The van der Waals surface area contributed by atoms with Crippen LogP contribution in [0.2, 0.25) is 0 Å². The molecule has 3 rings (SSSR count). The number of nitrogens with zero attached hydrogens (tertiary/aromatic N) is 2. The van der Waals surface area contributed by atoms with Gasteiger partial charge in [-0.1, -0.05) is 65.6 Å². The number of benzene rings is 2. The summed E-state index contributed by atoms with van der Waals surface area (Å²) in [4.78, 5) is 25.1. The molecule has 0 saturated carbocycles. The first-order valence-corrected chi connectivity index (χ1v) is 10.8. The Morgan fingerprint density at radius 1 is 1.07 bits per heavy atom. The summed E-state index contributed by atoms with van der Waals surface area (Å²) in [6, 6.07) is 16.5. The van der Waals surface area contributed by atoms with Crippen LogP contribution in [-0.2, 0) is 4.79 Å². The Hall–Kier alpha value is -2.91. The highest BCUT2D eigenvalue weighted by Crippen LogP contribution is 2.25. The molecule has 3 aromatic rings. The Bertz CT molecular complexity index is 978. The van der Waals surface area contributed by atoms with Gasteiger partial charge in [-0.15, -0.1) is 10.2 Å². The van der Waals surface area contributed by atoms with Gasteiger partial charge in [0.25, 0.3) is 5.91 Å². The minimum absolute atomic E-state index is 0.151. The Balaban J connectivity index is 1.61. The van der Waals surface area contributed by atoms with Gasteiger partial charge in [0.1, 0.15) is 0 Å². The van der Waals surface area contributed by atoms with Crippen LogP contribution in [0.25, 0.3) is 0 Å². The van der Waals surface area contributed by atoms with Gasteiger partial charge in [0.15, 0.2) is 4.34 Å². The maximum atomic E-state index is 12.8. The first-order valence-electron chi connectivity index (χ1n) is 8.95. The molecule has 0 radical (unpaired) electrons. The fraction of sp³-hybridized carbons (Fsp3) is 0.200. The summed E-state index contributed by atoms with van der Waals surface area (Å²) in [6.45, 7) is 1.92. The minimum Gasteiger partial charge on any atom is -0.363 e. The summed E-state index contributed by atoms with van der Waals surface area (Å²) < 4.78 is 0.701. The smallest absolute Gasteiger partial charge is 0.253 e. The molecule has 0 aliphatic heterocycles. The fourth-order valence-corrected chi connectivity index (χ4v) is 4.08. The lowest BCUT2D eigenvalue weighted by Gasteiger charge is -2.16. The van der Waals surface area contributed by atoms with Crippen molar-refractivity contribution in [1.29, 1.82) is 0 Å². The largest absolute Gasteiger partial charge is 0.363 e. The molecular formula is C20H21N5O2S2. The zero-order chi connectivity index (χ0) is 20.6. The third kappa shape index (κ3) is 5.78.